The number of ether oxygens (including phenoxy) is 3. The number of fused-ring (bicyclic) bond motifs is 6. The van der Waals surface area contributed by atoms with Crippen molar-refractivity contribution in [3.8, 4) is 0 Å². The quantitative estimate of drug-likeness (QED) is 0.333. The molecule has 2 aliphatic heterocycles. The Bertz CT molecular complexity index is 1100. The lowest BCUT2D eigenvalue weighted by atomic mass is 9.41. The second kappa shape index (κ2) is 6.86. The van der Waals surface area contributed by atoms with Crippen LogP contribution in [-0.2, 0) is 19.0 Å². The normalized spacial score (nSPS) is 64.5. The fourth-order valence-electron chi connectivity index (χ4n) is 13.9. The Morgan fingerprint density at radius 3 is 2.29 bits per heavy atom. The largest absolute Gasteiger partial charge is 0.462 e. The average Bonchev–Trinajstić information content (AvgIpc) is 3.64. The summed E-state index contributed by atoms with van der Waals surface area (Å²) >= 11 is 0. The number of hydrogen-bond donors (Lipinski definition) is 1. The van der Waals surface area contributed by atoms with Crippen LogP contribution in [0, 0.1) is 50.7 Å². The topological polar surface area (TPSA) is 68.3 Å². The van der Waals surface area contributed by atoms with Crippen molar-refractivity contribution in [2.45, 2.75) is 148 Å². The van der Waals surface area contributed by atoms with Crippen molar-refractivity contribution in [3.63, 3.8) is 0 Å². The van der Waals surface area contributed by atoms with Crippen LogP contribution >= 0.6 is 0 Å². The molecule has 3 spiro atoms. The fourth-order valence-corrected chi connectivity index (χ4v) is 13.9. The standard InChI is InChI=1S/C33H50O5/c1-18-14-33(13-12-29(6)26(33)38-29)37-20-15-28(5)22-9-8-21-27(3,4)23(35)10-11-31(21)17-32(22,31)16-24(36-19(2)34)30(28,7)25(18)20/h18,20-26,35H,8-17H2,1-7H3/t18-,20+,21+,22+,23+,24-,25+,26-,28+,29-,30-,31-,32+,33+/m1/s1. The van der Waals surface area contributed by atoms with Crippen molar-refractivity contribution in [3.05, 3.63) is 0 Å². The molecule has 6 saturated carbocycles. The zero-order valence-electron chi connectivity index (χ0n) is 24.8. The van der Waals surface area contributed by atoms with Crippen molar-refractivity contribution in [1.82, 2.24) is 0 Å². The van der Waals surface area contributed by atoms with Crippen molar-refractivity contribution in [2.75, 3.05) is 0 Å². The van der Waals surface area contributed by atoms with Gasteiger partial charge in [0.1, 0.15) is 12.2 Å². The van der Waals surface area contributed by atoms with Gasteiger partial charge in [0.2, 0.25) is 0 Å². The number of hydrogen-bond acceptors (Lipinski definition) is 5. The van der Waals surface area contributed by atoms with E-state index in [4.69, 9.17) is 14.2 Å². The monoisotopic (exact) mass is 526 g/mol. The van der Waals surface area contributed by atoms with Crippen LogP contribution in [0.1, 0.15) is 113 Å². The lowest BCUT2D eigenvalue weighted by molar-refractivity contribution is -0.231. The third kappa shape index (κ3) is 2.53. The molecule has 14 atom stereocenters. The van der Waals surface area contributed by atoms with Crippen LogP contribution in [0.3, 0.4) is 0 Å². The molecule has 0 aromatic carbocycles. The van der Waals surface area contributed by atoms with Crippen LogP contribution in [0.15, 0.2) is 0 Å². The molecular formula is C33H50O5. The van der Waals surface area contributed by atoms with E-state index in [9.17, 15) is 9.90 Å². The summed E-state index contributed by atoms with van der Waals surface area (Å²) in [6.45, 7) is 16.1. The number of esters is 1. The highest BCUT2D eigenvalue weighted by molar-refractivity contribution is 5.66. The van der Waals surface area contributed by atoms with Crippen LogP contribution in [0.5, 0.6) is 0 Å². The maximum atomic E-state index is 12.7. The van der Waals surface area contributed by atoms with Gasteiger partial charge >= 0.3 is 5.97 Å². The SMILES string of the molecule is CC(=O)O[C@@H]1C[C@@]23C[C@@]24CC[C@H](O)C(C)(C)[C@@H]4CC[C@H]3[C@]2(C)C[C@@H]3O[C@@]4(CC[C@@]5(C)O[C@@H]45)C[C@@H](C)[C@@H]3[C@@]12C. The summed E-state index contributed by atoms with van der Waals surface area (Å²) in [6.07, 6.45) is 11.4. The van der Waals surface area contributed by atoms with E-state index in [1.165, 1.54) is 19.3 Å². The van der Waals surface area contributed by atoms with Gasteiger partial charge in [-0.15, -0.1) is 0 Å². The minimum atomic E-state index is -0.206. The predicted octanol–water partition coefficient (Wildman–Crippen LogP) is 6.05. The summed E-state index contributed by atoms with van der Waals surface area (Å²) in [4.78, 5) is 12.7. The van der Waals surface area contributed by atoms with E-state index in [0.29, 0.717) is 29.1 Å². The molecule has 38 heavy (non-hydrogen) atoms. The molecule has 0 unspecified atom stereocenters. The molecule has 8 aliphatic rings. The minimum absolute atomic E-state index is 0.0349. The van der Waals surface area contributed by atoms with E-state index < -0.39 is 0 Å². The average molecular weight is 527 g/mol. The van der Waals surface area contributed by atoms with Gasteiger partial charge in [0.15, 0.2) is 0 Å². The van der Waals surface area contributed by atoms with Gasteiger partial charge in [-0.25, -0.2) is 0 Å². The zero-order valence-corrected chi connectivity index (χ0v) is 24.8. The molecule has 2 heterocycles. The predicted molar refractivity (Wildman–Crippen MR) is 143 cm³/mol. The highest BCUT2D eigenvalue weighted by Crippen LogP contribution is 2.89. The van der Waals surface area contributed by atoms with Gasteiger partial charge in [0.05, 0.1) is 23.4 Å². The molecule has 6 aliphatic carbocycles. The number of epoxide rings is 1. The molecule has 0 amide bonds. The Hall–Kier alpha value is -0.650. The third-order valence-corrected chi connectivity index (χ3v) is 15.5. The summed E-state index contributed by atoms with van der Waals surface area (Å²) in [5.41, 5.74) is 0.395. The number of aliphatic hydroxyl groups is 1. The first kappa shape index (κ1) is 25.1. The molecule has 5 heteroatoms. The van der Waals surface area contributed by atoms with Crippen LogP contribution in [0.2, 0.25) is 0 Å². The fraction of sp³-hybridized carbons (Fsp3) is 0.970. The Morgan fingerprint density at radius 2 is 1.63 bits per heavy atom. The molecule has 0 aromatic rings. The van der Waals surface area contributed by atoms with Gasteiger partial charge in [-0.2, -0.15) is 0 Å². The van der Waals surface area contributed by atoms with Crippen LogP contribution in [0.4, 0.5) is 0 Å². The molecular weight excluding hydrogens is 476 g/mol. The third-order valence-electron chi connectivity index (χ3n) is 15.5. The Balaban J connectivity index is 1.21. The van der Waals surface area contributed by atoms with Crippen molar-refractivity contribution in [1.29, 1.82) is 0 Å². The van der Waals surface area contributed by atoms with Gasteiger partial charge in [-0.05, 0) is 116 Å². The Labute approximate surface area is 229 Å². The second-order valence-corrected chi connectivity index (χ2v) is 17.0. The van der Waals surface area contributed by atoms with Crippen molar-refractivity contribution >= 4 is 5.97 Å². The molecule has 212 valence electrons. The summed E-state index contributed by atoms with van der Waals surface area (Å²) in [7, 11) is 0. The number of aliphatic hydroxyl groups excluding tert-OH is 1. The van der Waals surface area contributed by atoms with Crippen LogP contribution in [-0.4, -0.2) is 46.7 Å². The second-order valence-electron chi connectivity index (χ2n) is 17.0. The molecule has 2 saturated heterocycles. The van der Waals surface area contributed by atoms with Crippen LogP contribution in [0.25, 0.3) is 0 Å². The van der Waals surface area contributed by atoms with E-state index in [1.54, 1.807) is 6.92 Å². The number of carbonyl (C=O) groups excluding carboxylic acids is 1. The highest BCUT2D eigenvalue weighted by Gasteiger charge is 2.86. The maximum absolute atomic E-state index is 12.7. The van der Waals surface area contributed by atoms with Crippen molar-refractivity contribution < 1.29 is 24.1 Å². The van der Waals surface area contributed by atoms with E-state index >= 15 is 0 Å². The molecule has 5 nitrogen and oxygen atoms in total. The number of carbonyl (C=O) groups is 1. The van der Waals surface area contributed by atoms with Gasteiger partial charge in [-0.1, -0.05) is 34.6 Å². The zero-order chi connectivity index (χ0) is 26.9. The molecule has 1 N–H and O–H groups in total. The molecule has 0 radical (unpaired) electrons. The van der Waals surface area contributed by atoms with E-state index in [2.05, 4.69) is 41.5 Å². The van der Waals surface area contributed by atoms with Gasteiger partial charge in [0.25, 0.3) is 0 Å². The molecule has 0 aromatic heterocycles. The lowest BCUT2D eigenvalue weighted by Crippen LogP contribution is -2.63. The molecule has 8 fully saturated rings. The van der Waals surface area contributed by atoms with Gasteiger partial charge in [0, 0.05) is 12.3 Å². The van der Waals surface area contributed by atoms with E-state index in [-0.39, 0.29) is 63.2 Å². The Kier molecular flexibility index (Phi) is 4.53. The summed E-state index contributed by atoms with van der Waals surface area (Å²) in [5.74, 6) is 2.00. The van der Waals surface area contributed by atoms with Crippen molar-refractivity contribution in [2.24, 2.45) is 50.7 Å². The highest BCUT2D eigenvalue weighted by atomic mass is 16.6. The van der Waals surface area contributed by atoms with Crippen LogP contribution < -0.4 is 0 Å². The summed E-state index contributed by atoms with van der Waals surface area (Å²) in [5, 5.41) is 11.0. The van der Waals surface area contributed by atoms with Gasteiger partial charge < -0.3 is 19.3 Å². The van der Waals surface area contributed by atoms with E-state index in [1.807, 2.05) is 0 Å². The first-order valence-electron chi connectivity index (χ1n) is 15.9. The first-order valence-corrected chi connectivity index (χ1v) is 15.9. The van der Waals surface area contributed by atoms with E-state index in [0.717, 1.165) is 44.9 Å². The maximum Gasteiger partial charge on any atom is 0.302 e. The summed E-state index contributed by atoms with van der Waals surface area (Å²) < 4.78 is 20.0. The number of rotatable bonds is 1. The smallest absolute Gasteiger partial charge is 0.302 e. The summed E-state index contributed by atoms with van der Waals surface area (Å²) in [6, 6.07) is 0. The first-order chi connectivity index (χ1) is 17.7. The Morgan fingerprint density at radius 1 is 0.895 bits per heavy atom. The lowest BCUT2D eigenvalue weighted by Gasteiger charge is -2.65. The molecule has 0 bridgehead atoms. The van der Waals surface area contributed by atoms with Gasteiger partial charge in [-0.3, -0.25) is 4.79 Å². The molecule has 8 rings (SSSR count). The minimum Gasteiger partial charge on any atom is -0.462 e.